The molecule has 0 radical (unpaired) electrons. The third-order valence-corrected chi connectivity index (χ3v) is 8.36. The van der Waals surface area contributed by atoms with Crippen molar-refractivity contribution in [2.24, 2.45) is 5.41 Å². The monoisotopic (exact) mass is 515 g/mol. The van der Waals surface area contributed by atoms with Crippen LogP contribution in [0.4, 0.5) is 0 Å². The molecular formula is C34H45NO3. The Morgan fingerprint density at radius 1 is 1.13 bits per heavy atom. The zero-order valence-corrected chi connectivity index (χ0v) is 23.1. The molecule has 1 saturated carbocycles. The van der Waals surface area contributed by atoms with E-state index in [2.05, 4.69) is 29.7 Å². The topological polar surface area (TPSA) is 52.9 Å². The van der Waals surface area contributed by atoms with Crippen LogP contribution in [0.1, 0.15) is 70.3 Å². The summed E-state index contributed by atoms with van der Waals surface area (Å²) in [6.07, 6.45) is 22.9. The Balaban J connectivity index is 1.48. The maximum Gasteiger partial charge on any atom is 0.115 e. The summed E-state index contributed by atoms with van der Waals surface area (Å²) < 4.78 is 6.19. The molecule has 4 heteroatoms. The van der Waals surface area contributed by atoms with E-state index in [1.165, 1.54) is 56.3 Å². The van der Waals surface area contributed by atoms with Crippen molar-refractivity contribution in [1.29, 1.82) is 0 Å². The predicted octanol–water partition coefficient (Wildman–Crippen LogP) is 7.49. The molecule has 204 valence electrons. The summed E-state index contributed by atoms with van der Waals surface area (Å²) in [5, 5.41) is 19.5. The van der Waals surface area contributed by atoms with Crippen LogP contribution < -0.4 is 0 Å². The summed E-state index contributed by atoms with van der Waals surface area (Å²) in [7, 11) is 0. The second kappa shape index (κ2) is 13.8. The Hall–Kier alpha value is -2.82. The predicted molar refractivity (Wildman–Crippen MR) is 158 cm³/mol. The minimum Gasteiger partial charge on any atom is -0.508 e. The van der Waals surface area contributed by atoms with Gasteiger partial charge in [0.15, 0.2) is 0 Å². The highest BCUT2D eigenvalue weighted by Crippen LogP contribution is 2.45. The maximum atomic E-state index is 9.90. The average molecular weight is 516 g/mol. The molecular weight excluding hydrogens is 470 g/mol. The molecule has 1 heterocycles. The highest BCUT2D eigenvalue weighted by molar-refractivity contribution is 5.86. The van der Waals surface area contributed by atoms with Crippen LogP contribution >= 0.6 is 0 Å². The van der Waals surface area contributed by atoms with Crippen LogP contribution in [0.2, 0.25) is 0 Å². The molecule has 2 N–H and O–H groups in total. The Bertz CT molecular complexity index is 1100. The van der Waals surface area contributed by atoms with Gasteiger partial charge in [0.1, 0.15) is 18.1 Å². The molecule has 0 amide bonds. The Morgan fingerprint density at radius 3 is 2.61 bits per heavy atom. The van der Waals surface area contributed by atoms with Crippen molar-refractivity contribution in [3.8, 4) is 5.75 Å². The number of phenols is 1. The van der Waals surface area contributed by atoms with E-state index < -0.39 is 0 Å². The lowest BCUT2D eigenvalue weighted by Crippen LogP contribution is -2.28. The van der Waals surface area contributed by atoms with Crippen molar-refractivity contribution in [1.82, 2.24) is 4.90 Å². The highest BCUT2D eigenvalue weighted by atomic mass is 16.5. The summed E-state index contributed by atoms with van der Waals surface area (Å²) in [6, 6.07) is 7.34. The van der Waals surface area contributed by atoms with Crippen molar-refractivity contribution in [3.05, 3.63) is 95.3 Å². The summed E-state index contributed by atoms with van der Waals surface area (Å²) >= 11 is 0. The van der Waals surface area contributed by atoms with Gasteiger partial charge in [0.2, 0.25) is 0 Å². The smallest absolute Gasteiger partial charge is 0.115 e. The lowest BCUT2D eigenvalue weighted by Gasteiger charge is -2.23. The van der Waals surface area contributed by atoms with Crippen molar-refractivity contribution in [3.63, 3.8) is 0 Å². The number of benzene rings is 1. The van der Waals surface area contributed by atoms with Crippen LogP contribution in [-0.2, 0) is 4.74 Å². The van der Waals surface area contributed by atoms with Crippen LogP contribution in [-0.4, -0.2) is 48.0 Å². The van der Waals surface area contributed by atoms with E-state index in [4.69, 9.17) is 4.74 Å². The standard InChI is InChI=1S/C34H45NO3/c1-3-31(38-25-23-35-22-21-34(26-35)19-7-8-20-34)18-13-27(2)33(29-14-16-30(37)17-15-29)32(12-9-24-36)28-10-5-4-6-11-28/h3-5,10,13-18,36-37H,2,6-9,11-12,19-26H2,1H3/b18-13-,31-3+,33-32+. The molecule has 1 aromatic rings. The van der Waals surface area contributed by atoms with E-state index >= 15 is 0 Å². The van der Waals surface area contributed by atoms with Gasteiger partial charge in [0.25, 0.3) is 0 Å². The van der Waals surface area contributed by atoms with Gasteiger partial charge in [-0.05, 0) is 116 Å². The number of likely N-dealkylation sites (tertiary alicyclic amines) is 1. The molecule has 1 spiro atoms. The van der Waals surface area contributed by atoms with Gasteiger partial charge >= 0.3 is 0 Å². The number of hydrogen-bond donors (Lipinski definition) is 2. The summed E-state index contributed by atoms with van der Waals surface area (Å²) in [6.45, 7) is 10.7. The van der Waals surface area contributed by atoms with Gasteiger partial charge in [-0.15, -0.1) is 0 Å². The summed E-state index contributed by atoms with van der Waals surface area (Å²) in [5.74, 6) is 1.09. The largest absolute Gasteiger partial charge is 0.508 e. The normalized spacial score (nSPS) is 20.3. The van der Waals surface area contributed by atoms with Gasteiger partial charge in [-0.1, -0.05) is 55.9 Å². The number of rotatable bonds is 12. The first-order valence-electron chi connectivity index (χ1n) is 14.4. The molecule has 2 fully saturated rings. The SMILES string of the molecule is C=C(/C=C\C(=C/C)OCCN1CCC2(CCCC2)C1)/C(=C(/CCCO)C1=CC=CCC1)c1ccc(O)cc1. The number of nitrogens with zero attached hydrogens (tertiary/aromatic N) is 1. The first-order chi connectivity index (χ1) is 18.5. The zero-order valence-electron chi connectivity index (χ0n) is 23.1. The third kappa shape index (κ3) is 7.39. The molecule has 3 aliphatic rings. The Labute approximate surface area is 229 Å². The molecule has 0 unspecified atom stereocenters. The van der Waals surface area contributed by atoms with Crippen LogP contribution in [0.25, 0.3) is 5.57 Å². The average Bonchev–Trinajstić information content (AvgIpc) is 3.58. The number of ether oxygens (including phenoxy) is 1. The van der Waals surface area contributed by atoms with E-state index in [1.54, 1.807) is 12.1 Å². The maximum absolute atomic E-state index is 9.90. The molecule has 4 nitrogen and oxygen atoms in total. The molecule has 1 aromatic carbocycles. The molecule has 4 rings (SSSR count). The lowest BCUT2D eigenvalue weighted by molar-refractivity contribution is 0.168. The number of allylic oxidation sites excluding steroid dienone is 10. The number of aliphatic hydroxyl groups excluding tert-OH is 1. The van der Waals surface area contributed by atoms with Crippen molar-refractivity contribution in [2.45, 2.75) is 64.7 Å². The summed E-state index contributed by atoms with van der Waals surface area (Å²) in [4.78, 5) is 2.58. The van der Waals surface area contributed by atoms with E-state index in [0.717, 1.165) is 48.3 Å². The lowest BCUT2D eigenvalue weighted by atomic mass is 9.84. The van der Waals surface area contributed by atoms with Gasteiger partial charge < -0.3 is 14.9 Å². The number of hydrogen-bond acceptors (Lipinski definition) is 4. The minimum absolute atomic E-state index is 0.145. The number of phenolic OH excluding ortho intramolecular Hbond substituents is 1. The van der Waals surface area contributed by atoms with Gasteiger partial charge in [-0.3, -0.25) is 4.90 Å². The molecule has 0 aromatic heterocycles. The van der Waals surface area contributed by atoms with E-state index in [0.29, 0.717) is 18.4 Å². The van der Waals surface area contributed by atoms with Gasteiger partial charge in [0.05, 0.1) is 0 Å². The number of aromatic hydroxyl groups is 1. The minimum atomic E-state index is 0.145. The van der Waals surface area contributed by atoms with Gasteiger partial charge in [-0.25, -0.2) is 0 Å². The second-order valence-electron chi connectivity index (χ2n) is 11.0. The van der Waals surface area contributed by atoms with Crippen LogP contribution in [0, 0.1) is 5.41 Å². The zero-order chi connectivity index (χ0) is 26.8. The van der Waals surface area contributed by atoms with Crippen LogP contribution in [0.5, 0.6) is 5.75 Å². The Kier molecular flexibility index (Phi) is 10.3. The van der Waals surface area contributed by atoms with E-state index in [9.17, 15) is 10.2 Å². The highest BCUT2D eigenvalue weighted by Gasteiger charge is 2.39. The molecule has 1 saturated heterocycles. The summed E-state index contributed by atoms with van der Waals surface area (Å²) in [5.41, 5.74) is 6.05. The van der Waals surface area contributed by atoms with E-state index in [-0.39, 0.29) is 12.4 Å². The van der Waals surface area contributed by atoms with Crippen molar-refractivity contribution >= 4 is 5.57 Å². The van der Waals surface area contributed by atoms with Crippen molar-refractivity contribution in [2.75, 3.05) is 32.8 Å². The fourth-order valence-electron chi connectivity index (χ4n) is 6.28. The first kappa shape index (κ1) is 28.2. The third-order valence-electron chi connectivity index (χ3n) is 8.36. The second-order valence-corrected chi connectivity index (χ2v) is 11.0. The molecule has 38 heavy (non-hydrogen) atoms. The van der Waals surface area contributed by atoms with Crippen molar-refractivity contribution < 1.29 is 14.9 Å². The van der Waals surface area contributed by atoms with Gasteiger partial charge in [0, 0.05) is 19.7 Å². The quantitative estimate of drug-likeness (QED) is 0.224. The molecule has 1 aliphatic heterocycles. The Morgan fingerprint density at radius 2 is 1.92 bits per heavy atom. The van der Waals surface area contributed by atoms with Crippen LogP contribution in [0.3, 0.4) is 0 Å². The van der Waals surface area contributed by atoms with Crippen LogP contribution in [0.15, 0.2) is 89.8 Å². The van der Waals surface area contributed by atoms with Gasteiger partial charge in [-0.2, -0.15) is 0 Å². The molecule has 0 atom stereocenters. The fourth-order valence-corrected chi connectivity index (χ4v) is 6.28. The first-order valence-corrected chi connectivity index (χ1v) is 14.4. The molecule has 0 bridgehead atoms. The van der Waals surface area contributed by atoms with E-state index in [1.807, 2.05) is 37.3 Å². The number of aliphatic hydroxyl groups is 1. The fraction of sp³-hybridized carbons (Fsp3) is 0.471. The molecule has 2 aliphatic carbocycles.